The molecule has 0 aromatic heterocycles. The molecule has 0 aliphatic rings. The molecular formula is C29H28N2O6S. The van der Waals surface area contributed by atoms with Gasteiger partial charge in [0.25, 0.3) is 11.8 Å². The van der Waals surface area contributed by atoms with Crippen LogP contribution in [0.3, 0.4) is 0 Å². The van der Waals surface area contributed by atoms with E-state index >= 15 is 0 Å². The van der Waals surface area contributed by atoms with E-state index in [1.54, 1.807) is 85.8 Å². The number of esters is 1. The number of hydrogen-bond donors (Lipinski definition) is 2. The van der Waals surface area contributed by atoms with Crippen LogP contribution in [-0.2, 0) is 19.1 Å². The van der Waals surface area contributed by atoms with Gasteiger partial charge in [0.15, 0.2) is 5.78 Å². The molecular weight excluding hydrogens is 504 g/mol. The quantitative estimate of drug-likeness (QED) is 0.150. The van der Waals surface area contributed by atoms with Crippen LogP contribution in [0.5, 0.6) is 5.75 Å². The lowest BCUT2D eigenvalue weighted by Gasteiger charge is -2.13. The first-order valence-electron chi connectivity index (χ1n) is 11.8. The number of benzene rings is 3. The smallest absolute Gasteiger partial charge is 0.313 e. The molecule has 2 amide bonds. The van der Waals surface area contributed by atoms with Gasteiger partial charge in [0, 0.05) is 21.7 Å². The molecule has 0 bridgehead atoms. The van der Waals surface area contributed by atoms with Gasteiger partial charge in [0.1, 0.15) is 17.9 Å². The Bertz CT molecular complexity index is 1310. The number of ether oxygens (including phenoxy) is 2. The summed E-state index contributed by atoms with van der Waals surface area (Å²) in [5, 5.41) is 5.49. The second-order valence-electron chi connectivity index (χ2n) is 7.91. The van der Waals surface area contributed by atoms with Gasteiger partial charge in [-0.1, -0.05) is 36.4 Å². The first kappa shape index (κ1) is 28.2. The van der Waals surface area contributed by atoms with E-state index in [1.807, 2.05) is 6.07 Å². The van der Waals surface area contributed by atoms with Crippen molar-refractivity contribution in [1.29, 1.82) is 0 Å². The Morgan fingerprint density at radius 1 is 0.895 bits per heavy atom. The number of methoxy groups -OCH3 is 1. The van der Waals surface area contributed by atoms with E-state index < -0.39 is 17.8 Å². The van der Waals surface area contributed by atoms with Crippen molar-refractivity contribution in [3.05, 3.63) is 95.7 Å². The SMILES string of the molecule is CCOC(=O)CC(=O)CSc1ccc(NC(=O)/C(=C/c2ccccc2OC)NC(=O)c2ccccc2)cc1. The van der Waals surface area contributed by atoms with Gasteiger partial charge in [0.2, 0.25) is 0 Å². The first-order valence-corrected chi connectivity index (χ1v) is 12.8. The number of rotatable bonds is 12. The third-order valence-corrected chi connectivity index (χ3v) is 6.20. The minimum atomic E-state index is -0.535. The predicted molar refractivity (Wildman–Crippen MR) is 147 cm³/mol. The topological polar surface area (TPSA) is 111 Å². The molecule has 0 aliphatic carbocycles. The highest BCUT2D eigenvalue weighted by Crippen LogP contribution is 2.23. The molecule has 38 heavy (non-hydrogen) atoms. The maximum absolute atomic E-state index is 13.2. The summed E-state index contributed by atoms with van der Waals surface area (Å²) in [6.07, 6.45) is 1.29. The molecule has 0 saturated heterocycles. The average Bonchev–Trinajstić information content (AvgIpc) is 2.93. The zero-order valence-electron chi connectivity index (χ0n) is 21.1. The number of ketones is 1. The number of carbonyl (C=O) groups excluding carboxylic acids is 4. The zero-order chi connectivity index (χ0) is 27.3. The number of carbonyl (C=O) groups is 4. The van der Waals surface area contributed by atoms with Crippen molar-refractivity contribution in [2.24, 2.45) is 0 Å². The highest BCUT2D eigenvalue weighted by molar-refractivity contribution is 8.00. The summed E-state index contributed by atoms with van der Waals surface area (Å²) < 4.78 is 10.2. The van der Waals surface area contributed by atoms with Gasteiger partial charge in [-0.05, 0) is 55.5 Å². The van der Waals surface area contributed by atoms with Gasteiger partial charge in [-0.2, -0.15) is 0 Å². The molecule has 0 radical (unpaired) electrons. The van der Waals surface area contributed by atoms with Crippen molar-refractivity contribution < 1.29 is 28.7 Å². The molecule has 3 aromatic rings. The molecule has 3 rings (SSSR count). The van der Waals surface area contributed by atoms with E-state index in [0.717, 1.165) is 4.90 Å². The predicted octanol–water partition coefficient (Wildman–Crippen LogP) is 4.72. The molecule has 0 aliphatic heterocycles. The van der Waals surface area contributed by atoms with E-state index in [0.29, 0.717) is 22.6 Å². The first-order chi connectivity index (χ1) is 18.4. The maximum atomic E-state index is 13.2. The van der Waals surface area contributed by atoms with Crippen molar-refractivity contribution in [2.75, 3.05) is 24.8 Å². The summed E-state index contributed by atoms with van der Waals surface area (Å²) in [7, 11) is 1.53. The highest BCUT2D eigenvalue weighted by atomic mass is 32.2. The number of amides is 2. The summed E-state index contributed by atoms with van der Waals surface area (Å²) in [6, 6.07) is 22.6. The lowest BCUT2D eigenvalue weighted by atomic mass is 10.1. The van der Waals surface area contributed by atoms with E-state index in [4.69, 9.17) is 9.47 Å². The zero-order valence-corrected chi connectivity index (χ0v) is 21.9. The lowest BCUT2D eigenvalue weighted by Crippen LogP contribution is -2.30. The van der Waals surface area contributed by atoms with E-state index in [1.165, 1.54) is 18.9 Å². The Morgan fingerprint density at radius 3 is 2.26 bits per heavy atom. The molecule has 2 N–H and O–H groups in total. The number of Topliss-reactive ketones (excluding diaryl/α,β-unsaturated/α-hetero) is 1. The van der Waals surface area contributed by atoms with Crippen LogP contribution in [-0.4, -0.2) is 43.0 Å². The summed E-state index contributed by atoms with van der Waals surface area (Å²) in [5.41, 5.74) is 1.56. The molecule has 0 spiro atoms. The van der Waals surface area contributed by atoms with Crippen LogP contribution in [0.1, 0.15) is 29.3 Å². The van der Waals surface area contributed by atoms with Crippen LogP contribution in [0.25, 0.3) is 6.08 Å². The summed E-state index contributed by atoms with van der Waals surface area (Å²) in [4.78, 5) is 50.2. The Hall–Kier alpha value is -4.37. The molecule has 8 nitrogen and oxygen atoms in total. The molecule has 9 heteroatoms. The van der Waals surface area contributed by atoms with Crippen LogP contribution < -0.4 is 15.4 Å². The normalized spacial score (nSPS) is 10.8. The van der Waals surface area contributed by atoms with Crippen LogP contribution in [0, 0.1) is 0 Å². The van der Waals surface area contributed by atoms with E-state index in [2.05, 4.69) is 10.6 Å². The van der Waals surface area contributed by atoms with Gasteiger partial charge in [-0.3, -0.25) is 19.2 Å². The van der Waals surface area contributed by atoms with Crippen LogP contribution in [0.2, 0.25) is 0 Å². The highest BCUT2D eigenvalue weighted by Gasteiger charge is 2.16. The Morgan fingerprint density at radius 2 is 1.58 bits per heavy atom. The van der Waals surface area contributed by atoms with E-state index in [9.17, 15) is 19.2 Å². The van der Waals surface area contributed by atoms with Crippen LogP contribution in [0.15, 0.2) is 89.5 Å². The third kappa shape index (κ3) is 8.63. The fraction of sp³-hybridized carbons (Fsp3) is 0.172. The molecule has 0 atom stereocenters. The number of para-hydroxylation sites is 1. The second kappa shape index (κ2) is 14.4. The summed E-state index contributed by atoms with van der Waals surface area (Å²) in [6.45, 7) is 1.92. The van der Waals surface area contributed by atoms with Gasteiger partial charge in [-0.15, -0.1) is 11.8 Å². The van der Waals surface area contributed by atoms with Crippen molar-refractivity contribution in [3.63, 3.8) is 0 Å². The minimum absolute atomic E-state index is 0.0337. The maximum Gasteiger partial charge on any atom is 0.313 e. The fourth-order valence-corrected chi connectivity index (χ4v) is 4.06. The molecule has 196 valence electrons. The third-order valence-electron chi connectivity index (χ3n) is 5.13. The molecule has 3 aromatic carbocycles. The molecule has 0 heterocycles. The van der Waals surface area contributed by atoms with Gasteiger partial charge >= 0.3 is 5.97 Å². The standard InChI is InChI=1S/C29H28N2O6S/c1-3-37-27(33)18-23(32)19-38-24-15-13-22(14-16-24)30-29(35)25(17-21-11-7-8-12-26(21)36-2)31-28(34)20-9-5-4-6-10-20/h4-17H,3,18-19H2,1-2H3,(H,30,35)(H,31,34)/b25-17-. The molecule has 0 fully saturated rings. The molecule has 0 unspecified atom stereocenters. The average molecular weight is 533 g/mol. The van der Waals surface area contributed by atoms with Crippen molar-refractivity contribution >= 4 is 47.1 Å². The van der Waals surface area contributed by atoms with Gasteiger partial charge in [-0.25, -0.2) is 0 Å². The summed E-state index contributed by atoms with van der Waals surface area (Å²) in [5.74, 6) is -1.04. The van der Waals surface area contributed by atoms with Gasteiger partial charge < -0.3 is 20.1 Å². The summed E-state index contributed by atoms with van der Waals surface area (Å²) >= 11 is 1.28. The minimum Gasteiger partial charge on any atom is -0.496 e. The Balaban J connectivity index is 1.71. The van der Waals surface area contributed by atoms with Crippen LogP contribution >= 0.6 is 11.8 Å². The number of anilines is 1. The lowest BCUT2D eigenvalue weighted by molar-refractivity contribution is -0.145. The van der Waals surface area contributed by atoms with Crippen molar-refractivity contribution in [1.82, 2.24) is 5.32 Å². The second-order valence-corrected chi connectivity index (χ2v) is 8.96. The largest absolute Gasteiger partial charge is 0.496 e. The van der Waals surface area contributed by atoms with E-state index in [-0.39, 0.29) is 30.3 Å². The number of nitrogens with one attached hydrogen (secondary N) is 2. The monoisotopic (exact) mass is 532 g/mol. The van der Waals surface area contributed by atoms with Gasteiger partial charge in [0.05, 0.1) is 19.5 Å². The molecule has 0 saturated carbocycles. The van der Waals surface area contributed by atoms with Crippen molar-refractivity contribution in [2.45, 2.75) is 18.2 Å². The number of hydrogen-bond acceptors (Lipinski definition) is 7. The Labute approximate surface area is 225 Å². The number of thioether (sulfide) groups is 1. The van der Waals surface area contributed by atoms with Crippen LogP contribution in [0.4, 0.5) is 5.69 Å². The fourth-order valence-electron chi connectivity index (χ4n) is 3.30. The Kier molecular flexibility index (Phi) is 10.7. The van der Waals surface area contributed by atoms with Crippen molar-refractivity contribution in [3.8, 4) is 5.75 Å².